The number of halogens is 1. The summed E-state index contributed by atoms with van der Waals surface area (Å²) in [5.41, 5.74) is 1.15. The van der Waals surface area contributed by atoms with Gasteiger partial charge in [0.25, 0.3) is 0 Å². The van der Waals surface area contributed by atoms with Crippen molar-refractivity contribution in [1.29, 1.82) is 0 Å². The van der Waals surface area contributed by atoms with Crippen LogP contribution in [0.15, 0.2) is 30.5 Å². The molecule has 4 heteroatoms. The van der Waals surface area contributed by atoms with E-state index in [0.29, 0.717) is 6.54 Å². The van der Waals surface area contributed by atoms with Gasteiger partial charge in [-0.25, -0.2) is 0 Å². The van der Waals surface area contributed by atoms with Crippen LogP contribution in [-0.4, -0.2) is 17.0 Å². The van der Waals surface area contributed by atoms with Crippen molar-refractivity contribution < 1.29 is 4.79 Å². The molecule has 1 saturated carbocycles. The first-order valence-corrected chi connectivity index (χ1v) is 6.64. The van der Waals surface area contributed by atoms with Crippen molar-refractivity contribution in [1.82, 2.24) is 9.88 Å². The number of hydrogen-bond acceptors (Lipinski definition) is 1. The molecular formula is C14H15ClN2O. The molecule has 1 aliphatic rings. The van der Waals surface area contributed by atoms with Gasteiger partial charge in [-0.3, -0.25) is 4.79 Å². The molecule has 0 atom stereocenters. The van der Waals surface area contributed by atoms with E-state index in [0.717, 1.165) is 35.3 Å². The normalized spacial score (nSPS) is 14.9. The molecule has 1 amide bonds. The molecule has 0 saturated heterocycles. The summed E-state index contributed by atoms with van der Waals surface area (Å²) >= 11 is 5.95. The van der Waals surface area contributed by atoms with Gasteiger partial charge in [-0.15, -0.1) is 0 Å². The van der Waals surface area contributed by atoms with Crippen molar-refractivity contribution in [3.8, 4) is 0 Å². The van der Waals surface area contributed by atoms with Gasteiger partial charge in [0.05, 0.1) is 0 Å². The van der Waals surface area contributed by atoms with Crippen molar-refractivity contribution in [3.63, 3.8) is 0 Å². The first kappa shape index (κ1) is 11.6. The lowest BCUT2D eigenvalue weighted by molar-refractivity contribution is -0.122. The van der Waals surface area contributed by atoms with E-state index in [4.69, 9.17) is 11.6 Å². The second kappa shape index (κ2) is 4.65. The molecule has 1 heterocycles. The lowest BCUT2D eigenvalue weighted by Gasteiger charge is -2.07. The lowest BCUT2D eigenvalue weighted by Crippen LogP contribution is -2.28. The molecule has 1 aromatic heterocycles. The van der Waals surface area contributed by atoms with Crippen LogP contribution in [0.25, 0.3) is 10.9 Å². The number of nitrogens with one attached hydrogen (secondary N) is 1. The molecule has 0 unspecified atom stereocenters. The average molecular weight is 263 g/mol. The zero-order valence-electron chi connectivity index (χ0n) is 10.0. The Balaban J connectivity index is 1.65. The summed E-state index contributed by atoms with van der Waals surface area (Å²) in [6.45, 7) is 1.48. The molecule has 3 nitrogen and oxygen atoms in total. The topological polar surface area (TPSA) is 34.0 Å². The van der Waals surface area contributed by atoms with Crippen LogP contribution in [0.5, 0.6) is 0 Å². The Morgan fingerprint density at radius 1 is 1.39 bits per heavy atom. The number of benzene rings is 1. The van der Waals surface area contributed by atoms with E-state index in [1.807, 2.05) is 30.5 Å². The molecule has 2 aromatic rings. The van der Waals surface area contributed by atoms with Crippen LogP contribution < -0.4 is 5.32 Å². The van der Waals surface area contributed by atoms with Crippen molar-refractivity contribution in [3.05, 3.63) is 35.5 Å². The van der Waals surface area contributed by atoms with E-state index in [2.05, 4.69) is 9.88 Å². The molecule has 0 aliphatic heterocycles. The lowest BCUT2D eigenvalue weighted by atomic mass is 10.2. The van der Waals surface area contributed by atoms with Crippen LogP contribution >= 0.6 is 11.6 Å². The fourth-order valence-corrected chi connectivity index (χ4v) is 2.34. The summed E-state index contributed by atoms with van der Waals surface area (Å²) in [5, 5.41) is 4.86. The van der Waals surface area contributed by atoms with Crippen molar-refractivity contribution in [2.45, 2.75) is 19.4 Å². The summed E-state index contributed by atoms with van der Waals surface area (Å²) in [7, 11) is 0. The highest BCUT2D eigenvalue weighted by molar-refractivity contribution is 6.31. The standard InChI is InChI=1S/C14H15ClN2O/c15-12-3-4-13-11(9-12)5-7-17(13)8-6-16-14(18)10-1-2-10/h3-5,7,9-10H,1-2,6,8H2,(H,16,18). The highest BCUT2D eigenvalue weighted by atomic mass is 35.5. The Kier molecular flexibility index (Phi) is 3.00. The average Bonchev–Trinajstić information content (AvgIpc) is 3.13. The highest BCUT2D eigenvalue weighted by Gasteiger charge is 2.28. The predicted molar refractivity (Wildman–Crippen MR) is 72.7 cm³/mol. The number of carbonyl (C=O) groups excluding carboxylic acids is 1. The third kappa shape index (κ3) is 2.36. The molecule has 18 heavy (non-hydrogen) atoms. The first-order valence-electron chi connectivity index (χ1n) is 6.26. The van der Waals surface area contributed by atoms with Crippen molar-refractivity contribution >= 4 is 28.4 Å². The van der Waals surface area contributed by atoms with E-state index >= 15 is 0 Å². The second-order valence-electron chi connectivity index (χ2n) is 4.78. The number of fused-ring (bicyclic) bond motifs is 1. The summed E-state index contributed by atoms with van der Waals surface area (Å²) in [6.07, 6.45) is 4.14. The zero-order chi connectivity index (χ0) is 12.5. The van der Waals surface area contributed by atoms with Gasteiger partial charge in [0.15, 0.2) is 0 Å². The molecule has 0 radical (unpaired) electrons. The van der Waals surface area contributed by atoms with Crippen LogP contribution in [-0.2, 0) is 11.3 Å². The molecule has 94 valence electrons. The Morgan fingerprint density at radius 2 is 2.22 bits per heavy atom. The summed E-state index contributed by atoms with van der Waals surface area (Å²) in [6, 6.07) is 7.91. The second-order valence-corrected chi connectivity index (χ2v) is 5.21. The number of carbonyl (C=O) groups is 1. The molecule has 1 fully saturated rings. The van der Waals surface area contributed by atoms with Gasteiger partial charge in [-0.2, -0.15) is 0 Å². The van der Waals surface area contributed by atoms with Crippen molar-refractivity contribution in [2.24, 2.45) is 5.92 Å². The number of nitrogens with zero attached hydrogens (tertiary/aromatic N) is 1. The Morgan fingerprint density at radius 3 is 3.00 bits per heavy atom. The summed E-state index contributed by atoms with van der Waals surface area (Å²) in [5.74, 6) is 0.486. The smallest absolute Gasteiger partial charge is 0.223 e. The van der Waals surface area contributed by atoms with Gasteiger partial charge in [-0.05, 0) is 37.1 Å². The minimum Gasteiger partial charge on any atom is -0.354 e. The number of amides is 1. The van der Waals surface area contributed by atoms with Gasteiger partial charge >= 0.3 is 0 Å². The SMILES string of the molecule is O=C(NCCn1ccc2cc(Cl)ccc21)C1CC1. The highest BCUT2D eigenvalue weighted by Crippen LogP contribution is 2.28. The molecule has 1 N–H and O–H groups in total. The maximum absolute atomic E-state index is 11.5. The maximum Gasteiger partial charge on any atom is 0.223 e. The Labute approximate surface area is 111 Å². The molecule has 1 aromatic carbocycles. The molecule has 3 rings (SSSR count). The third-order valence-electron chi connectivity index (χ3n) is 3.33. The van der Waals surface area contributed by atoms with Crippen LogP contribution in [0, 0.1) is 5.92 Å². The number of rotatable bonds is 4. The Hall–Kier alpha value is -1.48. The van der Waals surface area contributed by atoms with Crippen molar-refractivity contribution in [2.75, 3.05) is 6.54 Å². The van der Waals surface area contributed by atoms with Crippen LogP contribution in [0.4, 0.5) is 0 Å². The number of hydrogen-bond donors (Lipinski definition) is 1. The van der Waals surface area contributed by atoms with Gasteiger partial charge in [0, 0.05) is 41.1 Å². The van der Waals surface area contributed by atoms with Crippen LogP contribution in [0.3, 0.4) is 0 Å². The summed E-state index contributed by atoms with van der Waals surface area (Å²) < 4.78 is 2.14. The maximum atomic E-state index is 11.5. The minimum absolute atomic E-state index is 0.203. The number of aromatic nitrogens is 1. The zero-order valence-corrected chi connectivity index (χ0v) is 10.8. The van der Waals surface area contributed by atoms with E-state index in [-0.39, 0.29) is 11.8 Å². The minimum atomic E-state index is 0.203. The van der Waals surface area contributed by atoms with Gasteiger partial charge in [-0.1, -0.05) is 11.6 Å². The van der Waals surface area contributed by atoms with E-state index in [1.165, 1.54) is 0 Å². The monoisotopic (exact) mass is 262 g/mol. The summed E-state index contributed by atoms with van der Waals surface area (Å²) in [4.78, 5) is 11.5. The molecule has 0 bridgehead atoms. The van der Waals surface area contributed by atoms with E-state index in [1.54, 1.807) is 0 Å². The molecule has 1 aliphatic carbocycles. The predicted octanol–water partition coefficient (Wildman–Crippen LogP) is 2.82. The first-order chi connectivity index (χ1) is 8.74. The van der Waals surface area contributed by atoms with Crippen LogP contribution in [0.2, 0.25) is 5.02 Å². The van der Waals surface area contributed by atoms with Gasteiger partial charge < -0.3 is 9.88 Å². The Bertz CT molecular complexity index is 586. The third-order valence-corrected chi connectivity index (χ3v) is 3.57. The van der Waals surface area contributed by atoms with E-state index in [9.17, 15) is 4.79 Å². The van der Waals surface area contributed by atoms with E-state index < -0.39 is 0 Å². The fourth-order valence-electron chi connectivity index (χ4n) is 2.16. The van der Waals surface area contributed by atoms with Gasteiger partial charge in [0.1, 0.15) is 0 Å². The largest absolute Gasteiger partial charge is 0.354 e. The quantitative estimate of drug-likeness (QED) is 0.903. The fraction of sp³-hybridized carbons (Fsp3) is 0.357. The molecule has 0 spiro atoms. The van der Waals surface area contributed by atoms with Crippen LogP contribution in [0.1, 0.15) is 12.8 Å². The van der Waals surface area contributed by atoms with Gasteiger partial charge in [0.2, 0.25) is 5.91 Å². The molecular weight excluding hydrogens is 248 g/mol.